The Kier molecular flexibility index (Phi) is 4.35. The number of hydrogen-bond donors (Lipinski definition) is 1. The van der Waals surface area contributed by atoms with E-state index in [-0.39, 0.29) is 0 Å². The van der Waals surface area contributed by atoms with Gasteiger partial charge < -0.3 is 19.5 Å². The van der Waals surface area contributed by atoms with Crippen LogP contribution in [-0.2, 0) is 0 Å². The number of nitrogens with one attached hydrogen (secondary N) is 1. The SMILES string of the molecule is COc1cccc(Nc2cccc(C)c2OC)c1OC. The average Bonchev–Trinajstić information content (AvgIpc) is 2.47. The van der Waals surface area contributed by atoms with Gasteiger partial charge in [0.15, 0.2) is 11.5 Å². The zero-order valence-corrected chi connectivity index (χ0v) is 12.2. The predicted molar refractivity (Wildman–Crippen MR) is 80.6 cm³/mol. The standard InChI is InChI=1S/C16H19NO3/c1-11-7-5-8-12(15(11)19-3)17-13-9-6-10-14(18-2)16(13)20-4/h5-10,17H,1-4H3. The number of ether oxygens (including phenoxy) is 3. The van der Waals surface area contributed by atoms with Crippen molar-refractivity contribution >= 4 is 11.4 Å². The van der Waals surface area contributed by atoms with E-state index in [2.05, 4.69) is 5.32 Å². The van der Waals surface area contributed by atoms with Crippen LogP contribution in [0.3, 0.4) is 0 Å². The zero-order chi connectivity index (χ0) is 14.5. The molecule has 0 saturated heterocycles. The summed E-state index contributed by atoms with van der Waals surface area (Å²) in [7, 11) is 4.90. The van der Waals surface area contributed by atoms with E-state index in [1.807, 2.05) is 43.3 Å². The van der Waals surface area contributed by atoms with Crippen molar-refractivity contribution in [2.75, 3.05) is 26.6 Å². The molecule has 0 radical (unpaired) electrons. The molecule has 0 aliphatic heterocycles. The maximum Gasteiger partial charge on any atom is 0.184 e. The second kappa shape index (κ2) is 6.19. The fraction of sp³-hybridized carbons (Fsp3) is 0.250. The molecule has 1 N–H and O–H groups in total. The molecule has 20 heavy (non-hydrogen) atoms. The number of hydrogen-bond acceptors (Lipinski definition) is 4. The molecule has 2 aromatic rings. The third kappa shape index (κ3) is 2.64. The Morgan fingerprint density at radius 3 is 1.95 bits per heavy atom. The maximum absolute atomic E-state index is 5.44. The summed E-state index contributed by atoms with van der Waals surface area (Å²) in [5.41, 5.74) is 2.79. The maximum atomic E-state index is 5.44. The fourth-order valence-corrected chi connectivity index (χ4v) is 2.15. The first kappa shape index (κ1) is 14.1. The predicted octanol–water partition coefficient (Wildman–Crippen LogP) is 3.76. The Balaban J connectivity index is 2.42. The summed E-state index contributed by atoms with van der Waals surface area (Å²) in [5.74, 6) is 2.17. The lowest BCUT2D eigenvalue weighted by Crippen LogP contribution is -1.99. The van der Waals surface area contributed by atoms with E-state index in [1.165, 1.54) is 0 Å². The van der Waals surface area contributed by atoms with Gasteiger partial charge in [0.2, 0.25) is 0 Å². The molecule has 0 aromatic heterocycles. The van der Waals surface area contributed by atoms with E-state index in [0.29, 0.717) is 11.5 Å². The van der Waals surface area contributed by atoms with Crippen molar-refractivity contribution in [3.05, 3.63) is 42.0 Å². The summed E-state index contributed by atoms with van der Waals surface area (Å²) < 4.78 is 16.2. The highest BCUT2D eigenvalue weighted by molar-refractivity contribution is 5.74. The summed E-state index contributed by atoms with van der Waals surface area (Å²) >= 11 is 0. The molecule has 4 heteroatoms. The second-order valence-electron chi connectivity index (χ2n) is 4.32. The molecule has 0 aliphatic carbocycles. The Morgan fingerprint density at radius 1 is 0.750 bits per heavy atom. The first-order chi connectivity index (χ1) is 9.71. The highest BCUT2D eigenvalue weighted by Crippen LogP contribution is 2.39. The minimum Gasteiger partial charge on any atom is -0.494 e. The largest absolute Gasteiger partial charge is 0.494 e. The van der Waals surface area contributed by atoms with E-state index >= 15 is 0 Å². The molecule has 0 spiro atoms. The van der Waals surface area contributed by atoms with Crippen molar-refractivity contribution < 1.29 is 14.2 Å². The van der Waals surface area contributed by atoms with Crippen molar-refractivity contribution in [3.63, 3.8) is 0 Å². The molecule has 0 unspecified atom stereocenters. The van der Waals surface area contributed by atoms with E-state index in [4.69, 9.17) is 14.2 Å². The van der Waals surface area contributed by atoms with E-state index in [9.17, 15) is 0 Å². The first-order valence-corrected chi connectivity index (χ1v) is 6.33. The molecule has 2 aromatic carbocycles. The highest BCUT2D eigenvalue weighted by atomic mass is 16.5. The van der Waals surface area contributed by atoms with E-state index < -0.39 is 0 Å². The van der Waals surface area contributed by atoms with E-state index in [1.54, 1.807) is 21.3 Å². The van der Waals surface area contributed by atoms with Crippen molar-refractivity contribution in [1.29, 1.82) is 0 Å². The Labute approximate surface area is 119 Å². The third-order valence-electron chi connectivity index (χ3n) is 3.09. The van der Waals surface area contributed by atoms with Crippen molar-refractivity contribution in [1.82, 2.24) is 0 Å². The van der Waals surface area contributed by atoms with Crippen LogP contribution in [0.5, 0.6) is 17.2 Å². The molecule has 0 fully saturated rings. The van der Waals surface area contributed by atoms with Crippen LogP contribution in [-0.4, -0.2) is 21.3 Å². The van der Waals surface area contributed by atoms with Crippen LogP contribution in [0, 0.1) is 6.92 Å². The number of methoxy groups -OCH3 is 3. The van der Waals surface area contributed by atoms with Crippen molar-refractivity contribution in [3.8, 4) is 17.2 Å². The first-order valence-electron chi connectivity index (χ1n) is 6.33. The molecule has 0 heterocycles. The van der Waals surface area contributed by atoms with Gasteiger partial charge in [-0.3, -0.25) is 0 Å². The summed E-state index contributed by atoms with van der Waals surface area (Å²) in [6.45, 7) is 2.01. The van der Waals surface area contributed by atoms with Gasteiger partial charge >= 0.3 is 0 Å². The molecule has 0 saturated carbocycles. The number of rotatable bonds is 5. The van der Waals surface area contributed by atoms with Crippen LogP contribution in [0.2, 0.25) is 0 Å². The van der Waals surface area contributed by atoms with E-state index in [0.717, 1.165) is 22.7 Å². The van der Waals surface area contributed by atoms with Crippen LogP contribution >= 0.6 is 0 Å². The Bertz CT molecular complexity index is 596. The van der Waals surface area contributed by atoms with Gasteiger partial charge in [0, 0.05) is 0 Å². The van der Waals surface area contributed by atoms with Crippen LogP contribution < -0.4 is 19.5 Å². The minimum atomic E-state index is 0.665. The van der Waals surface area contributed by atoms with Gasteiger partial charge in [0.05, 0.1) is 32.7 Å². The summed E-state index contributed by atoms with van der Waals surface area (Å²) in [6.07, 6.45) is 0. The molecule has 0 bridgehead atoms. The molecule has 0 amide bonds. The van der Waals surface area contributed by atoms with Gasteiger partial charge in [0.25, 0.3) is 0 Å². The van der Waals surface area contributed by atoms with Gasteiger partial charge in [-0.05, 0) is 30.7 Å². The van der Waals surface area contributed by atoms with Gasteiger partial charge in [-0.15, -0.1) is 0 Å². The number of aryl methyl sites for hydroxylation is 1. The lowest BCUT2D eigenvalue weighted by Gasteiger charge is -2.16. The molecule has 106 valence electrons. The lowest BCUT2D eigenvalue weighted by atomic mass is 10.2. The summed E-state index contributed by atoms with van der Waals surface area (Å²) in [4.78, 5) is 0. The van der Waals surface area contributed by atoms with Crippen molar-refractivity contribution in [2.45, 2.75) is 6.92 Å². The highest BCUT2D eigenvalue weighted by Gasteiger charge is 2.12. The number of anilines is 2. The van der Waals surface area contributed by atoms with Crippen LogP contribution in [0.4, 0.5) is 11.4 Å². The normalized spacial score (nSPS) is 10.0. The molecule has 2 rings (SSSR count). The van der Waals surface area contributed by atoms with Gasteiger partial charge in [-0.1, -0.05) is 18.2 Å². The summed E-state index contributed by atoms with van der Waals surface area (Å²) in [5, 5.41) is 3.33. The van der Waals surface area contributed by atoms with Gasteiger partial charge in [-0.2, -0.15) is 0 Å². The van der Waals surface area contributed by atoms with Crippen LogP contribution in [0.25, 0.3) is 0 Å². The smallest absolute Gasteiger partial charge is 0.184 e. The Hall–Kier alpha value is -2.36. The number of benzene rings is 2. The zero-order valence-electron chi connectivity index (χ0n) is 12.2. The number of para-hydroxylation sites is 2. The molecular formula is C16H19NO3. The lowest BCUT2D eigenvalue weighted by molar-refractivity contribution is 0.356. The minimum absolute atomic E-state index is 0.665. The van der Waals surface area contributed by atoms with Crippen molar-refractivity contribution in [2.24, 2.45) is 0 Å². The molecule has 0 atom stereocenters. The van der Waals surface area contributed by atoms with Gasteiger partial charge in [0.1, 0.15) is 5.75 Å². The second-order valence-corrected chi connectivity index (χ2v) is 4.32. The quantitative estimate of drug-likeness (QED) is 0.900. The fourth-order valence-electron chi connectivity index (χ4n) is 2.15. The third-order valence-corrected chi connectivity index (χ3v) is 3.09. The molecule has 0 aliphatic rings. The Morgan fingerprint density at radius 2 is 1.35 bits per heavy atom. The summed E-state index contributed by atoms with van der Waals surface area (Å²) in [6, 6.07) is 11.6. The monoisotopic (exact) mass is 273 g/mol. The topological polar surface area (TPSA) is 39.7 Å². The molecule has 4 nitrogen and oxygen atoms in total. The average molecular weight is 273 g/mol. The van der Waals surface area contributed by atoms with Gasteiger partial charge in [-0.25, -0.2) is 0 Å². The van der Waals surface area contributed by atoms with Crippen LogP contribution in [0.1, 0.15) is 5.56 Å². The van der Waals surface area contributed by atoms with Crippen LogP contribution in [0.15, 0.2) is 36.4 Å². The molecular weight excluding hydrogens is 254 g/mol.